The maximum Gasteiger partial charge on any atom is 0.416 e. The molecular formula is C25H19F3N4O3. The van der Waals surface area contributed by atoms with Gasteiger partial charge in [0, 0.05) is 17.6 Å². The van der Waals surface area contributed by atoms with Gasteiger partial charge in [-0.25, -0.2) is 14.5 Å². The van der Waals surface area contributed by atoms with Gasteiger partial charge in [0.05, 0.1) is 23.3 Å². The van der Waals surface area contributed by atoms with Crippen LogP contribution in [0.5, 0.6) is 0 Å². The van der Waals surface area contributed by atoms with Crippen LogP contribution in [-0.4, -0.2) is 52.4 Å². The summed E-state index contributed by atoms with van der Waals surface area (Å²) in [6, 6.07) is 14.5. The van der Waals surface area contributed by atoms with Crippen LogP contribution in [0, 0.1) is 0 Å². The van der Waals surface area contributed by atoms with E-state index in [1.807, 2.05) is 30.3 Å². The largest absolute Gasteiger partial charge is 0.416 e. The molecule has 3 aromatic rings. The van der Waals surface area contributed by atoms with Crippen LogP contribution in [0.15, 0.2) is 66.7 Å². The smallest absolute Gasteiger partial charge is 0.317 e. The van der Waals surface area contributed by atoms with E-state index < -0.39 is 41.8 Å². The summed E-state index contributed by atoms with van der Waals surface area (Å²) in [5, 5.41) is 4.17. The van der Waals surface area contributed by atoms with E-state index in [0.29, 0.717) is 12.1 Å². The molecule has 10 heteroatoms. The highest BCUT2D eigenvalue weighted by Crippen LogP contribution is 2.43. The van der Waals surface area contributed by atoms with Gasteiger partial charge >= 0.3 is 18.2 Å². The van der Waals surface area contributed by atoms with Crippen molar-refractivity contribution in [3.8, 4) is 0 Å². The van der Waals surface area contributed by atoms with Gasteiger partial charge in [-0.2, -0.15) is 13.2 Å². The molecule has 1 N–H and O–H groups in total. The number of carbonyl (C=O) groups excluding carboxylic acids is 3. The number of hydrogen-bond acceptors (Lipinski definition) is 3. The van der Waals surface area contributed by atoms with E-state index in [1.54, 1.807) is 17.0 Å². The number of rotatable bonds is 2. The maximum absolute atomic E-state index is 13.5. The predicted octanol–water partition coefficient (Wildman–Crippen LogP) is 4.68. The summed E-state index contributed by atoms with van der Waals surface area (Å²) in [5.41, 5.74) is -0.366. The molecule has 0 spiro atoms. The Morgan fingerprint density at radius 3 is 2.51 bits per heavy atom. The first-order valence-electron chi connectivity index (χ1n) is 11.1. The number of halogens is 3. The van der Waals surface area contributed by atoms with Crippen LogP contribution in [0.4, 0.5) is 34.1 Å². The summed E-state index contributed by atoms with van der Waals surface area (Å²) < 4.78 is 39.1. The number of alkyl halides is 3. The normalized spacial score (nSPS) is 23.4. The Bertz CT molecular complexity index is 1390. The number of nitrogens with one attached hydrogen (secondary N) is 1. The lowest BCUT2D eigenvalue weighted by molar-refractivity contribution is -0.137. The summed E-state index contributed by atoms with van der Waals surface area (Å²) >= 11 is 0. The summed E-state index contributed by atoms with van der Waals surface area (Å²) in [4.78, 5) is 44.0. The van der Waals surface area contributed by atoms with E-state index >= 15 is 0 Å². The summed E-state index contributed by atoms with van der Waals surface area (Å²) in [6.07, 6.45) is -4.09. The van der Waals surface area contributed by atoms with Crippen molar-refractivity contribution in [2.75, 3.05) is 16.8 Å². The first-order chi connectivity index (χ1) is 16.7. The van der Waals surface area contributed by atoms with Gasteiger partial charge in [0.15, 0.2) is 0 Å². The predicted molar refractivity (Wildman–Crippen MR) is 122 cm³/mol. The fourth-order valence-corrected chi connectivity index (χ4v) is 5.48. The summed E-state index contributed by atoms with van der Waals surface area (Å²) in [6.45, 7) is 0.203. The first-order valence-corrected chi connectivity index (χ1v) is 11.1. The van der Waals surface area contributed by atoms with Gasteiger partial charge in [0.25, 0.3) is 5.91 Å². The average Bonchev–Trinajstić information content (AvgIpc) is 3.50. The number of amides is 5. The summed E-state index contributed by atoms with van der Waals surface area (Å²) in [7, 11) is 0. The van der Waals surface area contributed by atoms with Gasteiger partial charge in [-0.1, -0.05) is 42.5 Å². The molecule has 3 fully saturated rings. The third kappa shape index (κ3) is 3.23. The lowest BCUT2D eigenvalue weighted by Gasteiger charge is -2.34. The highest BCUT2D eigenvalue weighted by Gasteiger charge is 2.63. The number of carbonyl (C=O) groups is 3. The first kappa shape index (κ1) is 21.5. The zero-order chi connectivity index (χ0) is 24.5. The molecule has 5 amide bonds. The molecule has 2 unspecified atom stereocenters. The Labute approximate surface area is 197 Å². The van der Waals surface area contributed by atoms with Crippen LogP contribution < -0.4 is 10.2 Å². The molecule has 3 heterocycles. The van der Waals surface area contributed by atoms with Gasteiger partial charge in [0.1, 0.15) is 6.04 Å². The maximum atomic E-state index is 13.5. The standard InChI is InChI=1S/C25H19F3N4O3/c26-25(27,28)15-7-4-8-16(11-15)29-23(34)30-13-17-12-20(30)21-22(33)32(24(35)31(17)21)19-10-3-6-14-5-1-2-9-18(14)19/h1-11,17,20-21H,12-13H2,(H,29,34)/t17-,20?,21?/m1/s1. The van der Waals surface area contributed by atoms with Crippen molar-refractivity contribution in [2.24, 2.45) is 0 Å². The molecule has 35 heavy (non-hydrogen) atoms. The lowest BCUT2D eigenvalue weighted by Crippen LogP contribution is -2.55. The quantitative estimate of drug-likeness (QED) is 0.542. The molecule has 0 aliphatic carbocycles. The minimum atomic E-state index is -4.53. The molecule has 3 saturated heterocycles. The number of benzene rings is 3. The second kappa shape index (κ2) is 7.46. The molecule has 6 rings (SSSR count). The Morgan fingerprint density at radius 1 is 0.971 bits per heavy atom. The van der Waals surface area contributed by atoms with Gasteiger partial charge in [-0.15, -0.1) is 0 Å². The number of fused-ring (bicyclic) bond motifs is 6. The Morgan fingerprint density at radius 2 is 1.71 bits per heavy atom. The van der Waals surface area contributed by atoms with Crippen molar-refractivity contribution in [2.45, 2.75) is 30.7 Å². The Balaban J connectivity index is 1.26. The van der Waals surface area contributed by atoms with Crippen molar-refractivity contribution in [1.29, 1.82) is 0 Å². The Hall–Kier alpha value is -4.08. The molecule has 3 atom stereocenters. The molecular weight excluding hydrogens is 461 g/mol. The fraction of sp³-hybridized carbons (Fsp3) is 0.240. The van der Waals surface area contributed by atoms with Crippen molar-refractivity contribution in [3.05, 3.63) is 72.3 Å². The molecule has 2 bridgehead atoms. The minimum absolute atomic E-state index is 0.00987. The van der Waals surface area contributed by atoms with E-state index in [4.69, 9.17) is 0 Å². The molecule has 0 saturated carbocycles. The fourth-order valence-electron chi connectivity index (χ4n) is 5.48. The van der Waals surface area contributed by atoms with Crippen LogP contribution in [0.3, 0.4) is 0 Å². The Kier molecular flexibility index (Phi) is 4.57. The van der Waals surface area contributed by atoms with E-state index in [1.165, 1.54) is 21.9 Å². The number of piperazine rings is 1. The van der Waals surface area contributed by atoms with Gasteiger partial charge < -0.3 is 15.1 Å². The monoisotopic (exact) mass is 480 g/mol. The van der Waals surface area contributed by atoms with Crippen LogP contribution in [0.1, 0.15) is 12.0 Å². The van der Waals surface area contributed by atoms with E-state index in [-0.39, 0.29) is 18.3 Å². The van der Waals surface area contributed by atoms with Crippen LogP contribution >= 0.6 is 0 Å². The number of urea groups is 2. The molecule has 3 aromatic carbocycles. The number of nitrogens with zero attached hydrogens (tertiary/aromatic N) is 3. The second-order valence-corrected chi connectivity index (χ2v) is 8.92. The number of anilines is 2. The number of hydrogen-bond donors (Lipinski definition) is 1. The average molecular weight is 480 g/mol. The molecule has 178 valence electrons. The highest BCUT2D eigenvalue weighted by molar-refractivity contribution is 6.25. The zero-order valence-electron chi connectivity index (χ0n) is 18.2. The van der Waals surface area contributed by atoms with E-state index in [0.717, 1.165) is 22.9 Å². The SMILES string of the molecule is O=C1C2C3C[C@H](CN3C(=O)Nc3cccc(C(F)(F)F)c3)N2C(=O)N1c1cccc2ccccc12. The van der Waals surface area contributed by atoms with Crippen molar-refractivity contribution in [1.82, 2.24) is 9.80 Å². The molecule has 0 radical (unpaired) electrons. The molecule has 3 aliphatic rings. The third-order valence-electron chi connectivity index (χ3n) is 6.97. The van der Waals surface area contributed by atoms with Gasteiger partial charge in [0.2, 0.25) is 0 Å². The van der Waals surface area contributed by atoms with Crippen LogP contribution in [0.2, 0.25) is 0 Å². The third-order valence-corrected chi connectivity index (χ3v) is 6.97. The topological polar surface area (TPSA) is 73.0 Å². The van der Waals surface area contributed by atoms with E-state index in [9.17, 15) is 27.6 Å². The lowest BCUT2D eigenvalue weighted by atomic mass is 10.1. The molecule has 7 nitrogen and oxygen atoms in total. The van der Waals surface area contributed by atoms with Gasteiger partial charge in [-0.05, 0) is 36.1 Å². The highest BCUT2D eigenvalue weighted by atomic mass is 19.4. The number of likely N-dealkylation sites (tertiary alicyclic amines) is 1. The van der Waals surface area contributed by atoms with Crippen LogP contribution in [-0.2, 0) is 11.0 Å². The molecule has 3 aliphatic heterocycles. The second-order valence-electron chi connectivity index (χ2n) is 8.92. The van der Waals surface area contributed by atoms with Crippen LogP contribution in [0.25, 0.3) is 10.8 Å². The molecule has 0 aromatic heterocycles. The summed E-state index contributed by atoms with van der Waals surface area (Å²) in [5.74, 6) is -0.407. The van der Waals surface area contributed by atoms with Crippen molar-refractivity contribution >= 4 is 40.1 Å². The zero-order valence-corrected chi connectivity index (χ0v) is 18.2. The van der Waals surface area contributed by atoms with Gasteiger partial charge in [-0.3, -0.25) is 4.79 Å². The van der Waals surface area contributed by atoms with E-state index in [2.05, 4.69) is 5.32 Å². The van der Waals surface area contributed by atoms with Crippen molar-refractivity contribution in [3.63, 3.8) is 0 Å². The minimum Gasteiger partial charge on any atom is -0.317 e. The number of imide groups is 1. The van der Waals surface area contributed by atoms with Crippen molar-refractivity contribution < 1.29 is 27.6 Å².